The van der Waals surface area contributed by atoms with E-state index in [0.717, 1.165) is 6.07 Å². The van der Waals surface area contributed by atoms with E-state index in [1.54, 1.807) is 0 Å². The van der Waals surface area contributed by atoms with E-state index in [0.29, 0.717) is 24.3 Å². The summed E-state index contributed by atoms with van der Waals surface area (Å²) in [5, 5.41) is 18.3. The van der Waals surface area contributed by atoms with Crippen molar-refractivity contribution >= 4 is 17.6 Å². The summed E-state index contributed by atoms with van der Waals surface area (Å²) in [5.74, 6) is -1.21. The number of aliphatic hydroxyl groups excluding tert-OH is 1. The fourth-order valence-electron chi connectivity index (χ4n) is 1.76. The Labute approximate surface area is 108 Å². The molecule has 100 valence electrons. The van der Waals surface area contributed by atoms with E-state index >= 15 is 0 Å². The van der Waals surface area contributed by atoms with Gasteiger partial charge in [0, 0.05) is 17.0 Å². The molecule has 3 nitrogen and oxygen atoms in total. The molecule has 0 aliphatic heterocycles. The lowest BCUT2D eigenvalue weighted by molar-refractivity contribution is -0.147. The Balaban J connectivity index is 3.24. The van der Waals surface area contributed by atoms with Crippen molar-refractivity contribution in [1.82, 2.24) is 0 Å². The molecule has 0 heterocycles. The third-order valence-electron chi connectivity index (χ3n) is 2.55. The number of benzene rings is 1. The van der Waals surface area contributed by atoms with Gasteiger partial charge in [-0.05, 0) is 18.4 Å². The number of carbonyl (C=O) groups is 1. The molecule has 1 unspecified atom stereocenters. The fraction of sp³-hybridized carbons (Fsp3) is 0.417. The average Bonchev–Trinajstić information content (AvgIpc) is 2.34. The zero-order valence-corrected chi connectivity index (χ0v) is 10.2. The summed E-state index contributed by atoms with van der Waals surface area (Å²) in [6, 6.07) is 4.07. The first-order valence-corrected chi connectivity index (χ1v) is 5.89. The van der Waals surface area contributed by atoms with Gasteiger partial charge in [0.1, 0.15) is 0 Å². The first kappa shape index (κ1) is 14.9. The van der Waals surface area contributed by atoms with Gasteiger partial charge in [0.05, 0.1) is 0 Å². The van der Waals surface area contributed by atoms with E-state index in [9.17, 15) is 18.7 Å². The van der Waals surface area contributed by atoms with Gasteiger partial charge in [-0.2, -0.15) is 0 Å². The normalized spacial score (nSPS) is 12.7. The van der Waals surface area contributed by atoms with Gasteiger partial charge in [-0.15, -0.1) is 11.6 Å². The van der Waals surface area contributed by atoms with E-state index < -0.39 is 24.1 Å². The van der Waals surface area contributed by atoms with Crippen molar-refractivity contribution in [3.05, 3.63) is 34.9 Å². The van der Waals surface area contributed by atoms with Crippen LogP contribution in [0.1, 0.15) is 35.6 Å². The molecule has 1 rings (SSSR count). The van der Waals surface area contributed by atoms with E-state index in [2.05, 4.69) is 0 Å². The molecule has 0 aromatic heterocycles. The molecular formula is C12H13ClF2O3. The Bertz CT molecular complexity index is 424. The van der Waals surface area contributed by atoms with Crippen LogP contribution >= 0.6 is 11.6 Å². The number of aliphatic carboxylic acids is 1. The molecule has 1 aromatic rings. The van der Waals surface area contributed by atoms with Crippen LogP contribution in [0.5, 0.6) is 0 Å². The Kier molecular flexibility index (Phi) is 5.50. The minimum Gasteiger partial charge on any atom is -0.479 e. The summed E-state index contributed by atoms with van der Waals surface area (Å²) in [5.41, 5.74) is -0.273. The summed E-state index contributed by atoms with van der Waals surface area (Å²) >= 11 is 5.52. The number of hydrogen-bond donors (Lipinski definition) is 2. The molecule has 0 fully saturated rings. The number of hydrogen-bond acceptors (Lipinski definition) is 2. The van der Waals surface area contributed by atoms with Crippen LogP contribution in [0.3, 0.4) is 0 Å². The van der Waals surface area contributed by atoms with Crippen LogP contribution in [0.4, 0.5) is 8.78 Å². The Morgan fingerprint density at radius 1 is 1.39 bits per heavy atom. The van der Waals surface area contributed by atoms with Crippen molar-refractivity contribution in [2.75, 3.05) is 5.88 Å². The van der Waals surface area contributed by atoms with Crippen molar-refractivity contribution in [1.29, 1.82) is 0 Å². The molecule has 1 atom stereocenters. The lowest BCUT2D eigenvalue weighted by atomic mass is 9.94. The summed E-state index contributed by atoms with van der Waals surface area (Å²) in [4.78, 5) is 10.8. The van der Waals surface area contributed by atoms with Gasteiger partial charge in [-0.1, -0.05) is 18.2 Å². The minimum absolute atomic E-state index is 0.217. The van der Waals surface area contributed by atoms with Crippen molar-refractivity contribution in [3.63, 3.8) is 0 Å². The number of alkyl halides is 3. The van der Waals surface area contributed by atoms with Crippen LogP contribution in [0.25, 0.3) is 0 Å². The molecule has 2 N–H and O–H groups in total. The quantitative estimate of drug-likeness (QED) is 0.787. The van der Waals surface area contributed by atoms with Crippen molar-refractivity contribution in [2.24, 2.45) is 0 Å². The van der Waals surface area contributed by atoms with Crippen LogP contribution in [-0.2, 0) is 11.2 Å². The molecule has 0 bridgehead atoms. The standard InChI is InChI=1S/C12H13ClF2O3/c13-6-2-4-7-3-1-5-8(11(14)15)9(7)10(16)12(17)18/h1,3,5,10-11,16H,2,4,6H2,(H,17,18). The Hall–Kier alpha value is -1.20. The molecule has 18 heavy (non-hydrogen) atoms. The second kappa shape index (κ2) is 6.66. The van der Waals surface area contributed by atoms with Crippen LogP contribution in [-0.4, -0.2) is 22.1 Å². The first-order valence-electron chi connectivity index (χ1n) is 5.35. The number of rotatable bonds is 6. The summed E-state index contributed by atoms with van der Waals surface area (Å²) in [7, 11) is 0. The first-order chi connectivity index (χ1) is 8.49. The second-order valence-electron chi connectivity index (χ2n) is 3.75. The zero-order valence-electron chi connectivity index (χ0n) is 9.44. The highest BCUT2D eigenvalue weighted by Gasteiger charge is 2.26. The van der Waals surface area contributed by atoms with E-state index in [4.69, 9.17) is 16.7 Å². The Morgan fingerprint density at radius 3 is 2.56 bits per heavy atom. The molecule has 0 aliphatic carbocycles. The van der Waals surface area contributed by atoms with Crippen LogP contribution in [0.15, 0.2) is 18.2 Å². The van der Waals surface area contributed by atoms with Gasteiger partial charge in [0.15, 0.2) is 6.10 Å². The number of carboxylic acid groups (broad SMARTS) is 1. The summed E-state index contributed by atoms with van der Waals surface area (Å²) in [6.07, 6.45) is -3.90. The van der Waals surface area contributed by atoms with Gasteiger partial charge >= 0.3 is 5.97 Å². The maximum atomic E-state index is 12.8. The van der Waals surface area contributed by atoms with E-state index in [1.807, 2.05) is 0 Å². The molecular weight excluding hydrogens is 266 g/mol. The van der Waals surface area contributed by atoms with Gasteiger partial charge in [0.2, 0.25) is 0 Å². The van der Waals surface area contributed by atoms with Gasteiger partial charge in [-0.25, -0.2) is 13.6 Å². The average molecular weight is 279 g/mol. The van der Waals surface area contributed by atoms with E-state index in [1.165, 1.54) is 12.1 Å². The molecule has 0 saturated carbocycles. The van der Waals surface area contributed by atoms with Gasteiger partial charge in [0.25, 0.3) is 6.43 Å². The molecule has 0 aliphatic rings. The fourth-order valence-corrected chi connectivity index (χ4v) is 1.89. The van der Waals surface area contributed by atoms with Crippen molar-refractivity contribution in [3.8, 4) is 0 Å². The zero-order chi connectivity index (χ0) is 13.7. The lowest BCUT2D eigenvalue weighted by Crippen LogP contribution is -2.15. The van der Waals surface area contributed by atoms with Gasteiger partial charge in [-0.3, -0.25) is 0 Å². The van der Waals surface area contributed by atoms with Crippen LogP contribution < -0.4 is 0 Å². The topological polar surface area (TPSA) is 57.5 Å². The molecule has 0 spiro atoms. The predicted molar refractivity (Wildman–Crippen MR) is 63.0 cm³/mol. The highest BCUT2D eigenvalue weighted by molar-refractivity contribution is 6.17. The summed E-state index contributed by atoms with van der Waals surface area (Å²) < 4.78 is 25.6. The largest absolute Gasteiger partial charge is 0.479 e. The molecule has 0 radical (unpaired) electrons. The predicted octanol–water partition coefficient (Wildman–Crippen LogP) is 2.91. The number of halogens is 3. The highest BCUT2D eigenvalue weighted by Crippen LogP contribution is 2.31. The monoisotopic (exact) mass is 278 g/mol. The van der Waals surface area contributed by atoms with Crippen LogP contribution in [0.2, 0.25) is 0 Å². The second-order valence-corrected chi connectivity index (χ2v) is 4.13. The number of aryl methyl sites for hydroxylation is 1. The number of aliphatic hydroxyl groups is 1. The van der Waals surface area contributed by atoms with Crippen molar-refractivity contribution < 1.29 is 23.8 Å². The molecule has 0 saturated heterocycles. The van der Waals surface area contributed by atoms with E-state index in [-0.39, 0.29) is 5.56 Å². The number of carboxylic acids is 1. The highest BCUT2D eigenvalue weighted by atomic mass is 35.5. The van der Waals surface area contributed by atoms with Crippen molar-refractivity contribution in [2.45, 2.75) is 25.4 Å². The van der Waals surface area contributed by atoms with Gasteiger partial charge < -0.3 is 10.2 Å². The molecule has 0 amide bonds. The minimum atomic E-state index is -2.83. The third-order valence-corrected chi connectivity index (χ3v) is 2.82. The maximum absolute atomic E-state index is 12.8. The molecule has 1 aromatic carbocycles. The molecule has 6 heteroatoms. The SMILES string of the molecule is O=C(O)C(O)c1c(CCCCl)cccc1C(F)F. The lowest BCUT2D eigenvalue weighted by Gasteiger charge is -2.16. The third kappa shape index (κ3) is 3.40. The summed E-state index contributed by atoms with van der Waals surface area (Å²) in [6.45, 7) is 0. The Morgan fingerprint density at radius 2 is 2.06 bits per heavy atom. The smallest absolute Gasteiger partial charge is 0.337 e. The maximum Gasteiger partial charge on any atom is 0.337 e. The van der Waals surface area contributed by atoms with Crippen LogP contribution in [0, 0.1) is 0 Å².